The van der Waals surface area contributed by atoms with Gasteiger partial charge in [0.1, 0.15) is 5.56 Å². The molecular weight excluding hydrogens is 208 g/mol. The lowest BCUT2D eigenvalue weighted by Gasteiger charge is -2.00. The molecule has 0 bridgehead atoms. The van der Waals surface area contributed by atoms with Gasteiger partial charge in [-0.15, -0.1) is 0 Å². The molecule has 0 radical (unpaired) electrons. The van der Waals surface area contributed by atoms with Gasteiger partial charge in [0.15, 0.2) is 5.76 Å². The minimum Gasteiger partial charge on any atom is -0.477 e. The number of carboxylic acids is 1. The molecule has 2 aromatic rings. The second kappa shape index (κ2) is 4.16. The zero-order valence-corrected chi connectivity index (χ0v) is 8.38. The molecule has 5 heteroatoms. The van der Waals surface area contributed by atoms with Crippen molar-refractivity contribution in [2.75, 3.05) is 0 Å². The fourth-order valence-corrected chi connectivity index (χ4v) is 1.44. The van der Waals surface area contributed by atoms with E-state index in [2.05, 4.69) is 5.16 Å². The maximum atomic E-state index is 10.9. The molecule has 0 saturated carbocycles. The Morgan fingerprint density at radius 2 is 2.31 bits per heavy atom. The van der Waals surface area contributed by atoms with Gasteiger partial charge in [0.2, 0.25) is 0 Å². The standard InChI is InChI=1S/C11H10N2O3/c12-5-7-2-1-3-8(4-7)10-9(11(14)15)6-13-16-10/h1-4,6H,5,12H2,(H,14,15). The number of carboxylic acid groups (broad SMARTS) is 1. The fraction of sp³-hybridized carbons (Fsp3) is 0.0909. The molecule has 3 N–H and O–H groups in total. The van der Waals surface area contributed by atoms with Crippen LogP contribution in [-0.2, 0) is 6.54 Å². The van der Waals surface area contributed by atoms with Crippen molar-refractivity contribution in [2.45, 2.75) is 6.54 Å². The van der Waals surface area contributed by atoms with Crippen molar-refractivity contribution in [1.82, 2.24) is 5.16 Å². The lowest BCUT2D eigenvalue weighted by molar-refractivity contribution is 0.0697. The molecular formula is C11H10N2O3. The summed E-state index contributed by atoms with van der Waals surface area (Å²) in [5.74, 6) is -0.808. The summed E-state index contributed by atoms with van der Waals surface area (Å²) in [5, 5.41) is 12.4. The van der Waals surface area contributed by atoms with Crippen molar-refractivity contribution >= 4 is 5.97 Å². The Bertz CT molecular complexity index is 519. The number of hydrogen-bond acceptors (Lipinski definition) is 4. The van der Waals surface area contributed by atoms with Crippen LogP contribution in [0.3, 0.4) is 0 Å². The van der Waals surface area contributed by atoms with Crippen LogP contribution in [0.2, 0.25) is 0 Å². The van der Waals surface area contributed by atoms with Crippen molar-refractivity contribution in [3.63, 3.8) is 0 Å². The van der Waals surface area contributed by atoms with Crippen LogP contribution < -0.4 is 5.73 Å². The van der Waals surface area contributed by atoms with E-state index in [-0.39, 0.29) is 11.3 Å². The molecule has 16 heavy (non-hydrogen) atoms. The predicted octanol–water partition coefficient (Wildman–Crippen LogP) is 1.50. The number of carbonyl (C=O) groups is 1. The van der Waals surface area contributed by atoms with E-state index in [1.807, 2.05) is 6.07 Å². The van der Waals surface area contributed by atoms with Crippen LogP contribution in [0.1, 0.15) is 15.9 Å². The number of hydrogen-bond donors (Lipinski definition) is 2. The van der Waals surface area contributed by atoms with Gasteiger partial charge in [0.25, 0.3) is 0 Å². The van der Waals surface area contributed by atoms with E-state index in [0.717, 1.165) is 5.56 Å². The first kappa shape index (κ1) is 10.4. The molecule has 1 aromatic carbocycles. The highest BCUT2D eigenvalue weighted by Gasteiger charge is 2.16. The first-order chi connectivity index (χ1) is 7.72. The molecule has 0 aliphatic rings. The van der Waals surface area contributed by atoms with Gasteiger partial charge in [0, 0.05) is 12.1 Å². The maximum absolute atomic E-state index is 10.9. The average molecular weight is 218 g/mol. The van der Waals surface area contributed by atoms with Crippen LogP contribution in [0.15, 0.2) is 35.0 Å². The Hall–Kier alpha value is -2.14. The first-order valence-corrected chi connectivity index (χ1v) is 4.69. The van der Waals surface area contributed by atoms with Crippen LogP contribution >= 0.6 is 0 Å². The third-order valence-corrected chi connectivity index (χ3v) is 2.23. The number of nitrogens with zero attached hydrogens (tertiary/aromatic N) is 1. The molecule has 0 aliphatic carbocycles. The van der Waals surface area contributed by atoms with E-state index in [1.54, 1.807) is 18.2 Å². The quantitative estimate of drug-likeness (QED) is 0.814. The minimum atomic E-state index is -1.06. The van der Waals surface area contributed by atoms with E-state index in [1.165, 1.54) is 6.20 Å². The van der Waals surface area contributed by atoms with Crippen molar-refractivity contribution in [3.05, 3.63) is 41.6 Å². The predicted molar refractivity (Wildman–Crippen MR) is 56.8 cm³/mol. The first-order valence-electron chi connectivity index (χ1n) is 4.69. The summed E-state index contributed by atoms with van der Waals surface area (Å²) in [7, 11) is 0. The Morgan fingerprint density at radius 3 is 3.00 bits per heavy atom. The lowest BCUT2D eigenvalue weighted by Crippen LogP contribution is -1.98. The average Bonchev–Trinajstić information content (AvgIpc) is 2.78. The molecule has 0 amide bonds. The van der Waals surface area contributed by atoms with Crippen LogP contribution in [0, 0.1) is 0 Å². The summed E-state index contributed by atoms with van der Waals surface area (Å²) in [6.07, 6.45) is 1.19. The van der Waals surface area contributed by atoms with Gasteiger partial charge < -0.3 is 15.4 Å². The molecule has 0 unspecified atom stereocenters. The van der Waals surface area contributed by atoms with E-state index in [9.17, 15) is 4.79 Å². The largest absolute Gasteiger partial charge is 0.477 e. The topological polar surface area (TPSA) is 89.4 Å². The maximum Gasteiger partial charge on any atom is 0.341 e. The van der Waals surface area contributed by atoms with E-state index in [0.29, 0.717) is 12.1 Å². The van der Waals surface area contributed by atoms with Crippen LogP contribution in [0.5, 0.6) is 0 Å². The highest BCUT2D eigenvalue weighted by molar-refractivity contribution is 5.93. The smallest absolute Gasteiger partial charge is 0.341 e. The third-order valence-electron chi connectivity index (χ3n) is 2.23. The van der Waals surface area contributed by atoms with Crippen molar-refractivity contribution in [3.8, 4) is 11.3 Å². The Morgan fingerprint density at radius 1 is 1.50 bits per heavy atom. The molecule has 5 nitrogen and oxygen atoms in total. The van der Waals surface area contributed by atoms with Crippen molar-refractivity contribution < 1.29 is 14.4 Å². The lowest BCUT2D eigenvalue weighted by atomic mass is 10.1. The summed E-state index contributed by atoms with van der Waals surface area (Å²) in [6, 6.07) is 7.20. The summed E-state index contributed by atoms with van der Waals surface area (Å²) in [6.45, 7) is 0.393. The molecule has 82 valence electrons. The van der Waals surface area contributed by atoms with E-state index >= 15 is 0 Å². The van der Waals surface area contributed by atoms with Gasteiger partial charge in [-0.1, -0.05) is 23.4 Å². The molecule has 1 heterocycles. The van der Waals surface area contributed by atoms with Gasteiger partial charge in [-0.2, -0.15) is 0 Å². The number of nitrogens with two attached hydrogens (primary N) is 1. The fourth-order valence-electron chi connectivity index (χ4n) is 1.44. The van der Waals surface area contributed by atoms with Crippen LogP contribution in [0.25, 0.3) is 11.3 Å². The molecule has 0 saturated heterocycles. The summed E-state index contributed by atoms with van der Waals surface area (Å²) >= 11 is 0. The van der Waals surface area contributed by atoms with Crippen LogP contribution in [0.4, 0.5) is 0 Å². The molecule has 0 spiro atoms. The van der Waals surface area contributed by atoms with E-state index < -0.39 is 5.97 Å². The van der Waals surface area contributed by atoms with Gasteiger partial charge in [-0.25, -0.2) is 4.79 Å². The number of aromatic nitrogens is 1. The van der Waals surface area contributed by atoms with Crippen LogP contribution in [-0.4, -0.2) is 16.2 Å². The number of benzene rings is 1. The second-order valence-corrected chi connectivity index (χ2v) is 3.28. The van der Waals surface area contributed by atoms with Gasteiger partial charge in [0.05, 0.1) is 6.20 Å². The number of rotatable bonds is 3. The highest BCUT2D eigenvalue weighted by atomic mass is 16.5. The van der Waals surface area contributed by atoms with Crippen molar-refractivity contribution in [1.29, 1.82) is 0 Å². The molecule has 0 atom stereocenters. The second-order valence-electron chi connectivity index (χ2n) is 3.28. The Balaban J connectivity index is 2.50. The Labute approximate surface area is 91.5 Å². The summed E-state index contributed by atoms with van der Waals surface area (Å²) in [5.41, 5.74) is 7.13. The third kappa shape index (κ3) is 1.80. The SMILES string of the molecule is NCc1cccc(-c2oncc2C(=O)O)c1. The molecule has 1 aromatic heterocycles. The monoisotopic (exact) mass is 218 g/mol. The normalized spacial score (nSPS) is 10.3. The van der Waals surface area contributed by atoms with E-state index in [4.69, 9.17) is 15.4 Å². The van der Waals surface area contributed by atoms with Crippen molar-refractivity contribution in [2.24, 2.45) is 5.73 Å². The summed E-state index contributed by atoms with van der Waals surface area (Å²) < 4.78 is 4.94. The zero-order valence-electron chi connectivity index (χ0n) is 8.38. The van der Waals surface area contributed by atoms with Gasteiger partial charge in [-0.3, -0.25) is 0 Å². The molecule has 0 fully saturated rings. The molecule has 2 rings (SSSR count). The Kier molecular flexibility index (Phi) is 2.70. The zero-order chi connectivity index (χ0) is 11.5. The summed E-state index contributed by atoms with van der Waals surface area (Å²) in [4.78, 5) is 10.9. The van der Waals surface area contributed by atoms with Gasteiger partial charge >= 0.3 is 5.97 Å². The van der Waals surface area contributed by atoms with Gasteiger partial charge in [-0.05, 0) is 11.6 Å². The molecule has 0 aliphatic heterocycles. The highest BCUT2D eigenvalue weighted by Crippen LogP contribution is 2.24. The number of aromatic carboxylic acids is 1. The minimum absolute atomic E-state index is 0.0502.